The predicted molar refractivity (Wildman–Crippen MR) is 79.3 cm³/mol. The fourth-order valence-electron chi connectivity index (χ4n) is 1.21. The standard InChI is InChI=1S/C10H17ClN4O2S2/c1-7(2)15-10(12)13-5-6-14-19(16,17)9-4-3-8(11)18-9/h3-4,7,14H,5-6H2,1-2H3,(H3,12,13,15). The van der Waals surface area contributed by atoms with E-state index >= 15 is 0 Å². The van der Waals surface area contributed by atoms with Gasteiger partial charge in [0.2, 0.25) is 10.0 Å². The number of aliphatic imine (C=N–C) groups is 1. The fraction of sp³-hybridized carbons (Fsp3) is 0.500. The van der Waals surface area contributed by atoms with Gasteiger partial charge in [-0.1, -0.05) is 11.6 Å². The number of rotatable bonds is 6. The third-order valence-corrected chi connectivity index (χ3v) is 5.12. The molecule has 1 rings (SSSR count). The van der Waals surface area contributed by atoms with Gasteiger partial charge in [-0.3, -0.25) is 4.99 Å². The van der Waals surface area contributed by atoms with Gasteiger partial charge in [-0.2, -0.15) is 0 Å². The zero-order chi connectivity index (χ0) is 14.5. The lowest BCUT2D eigenvalue weighted by Crippen LogP contribution is -2.37. The van der Waals surface area contributed by atoms with Crippen LogP contribution in [0.15, 0.2) is 21.3 Å². The third kappa shape index (κ3) is 5.77. The number of halogens is 1. The van der Waals surface area contributed by atoms with E-state index in [0.29, 0.717) is 10.3 Å². The second-order valence-electron chi connectivity index (χ2n) is 4.02. The first-order valence-corrected chi connectivity index (χ1v) is 8.30. The van der Waals surface area contributed by atoms with Gasteiger partial charge in [-0.05, 0) is 26.0 Å². The number of nitrogens with zero attached hydrogens (tertiary/aromatic N) is 1. The smallest absolute Gasteiger partial charge is 0.250 e. The molecule has 0 atom stereocenters. The Morgan fingerprint density at radius 2 is 2.21 bits per heavy atom. The van der Waals surface area contributed by atoms with E-state index in [1.807, 2.05) is 13.8 Å². The number of nitrogens with two attached hydrogens (primary N) is 1. The van der Waals surface area contributed by atoms with Crippen molar-refractivity contribution in [2.24, 2.45) is 10.7 Å². The minimum absolute atomic E-state index is 0.179. The first-order valence-electron chi connectivity index (χ1n) is 5.62. The van der Waals surface area contributed by atoms with Gasteiger partial charge < -0.3 is 11.1 Å². The van der Waals surface area contributed by atoms with Crippen molar-refractivity contribution in [3.63, 3.8) is 0 Å². The van der Waals surface area contributed by atoms with Crippen molar-refractivity contribution >= 4 is 38.9 Å². The molecule has 0 unspecified atom stereocenters. The van der Waals surface area contributed by atoms with E-state index in [1.165, 1.54) is 6.07 Å². The monoisotopic (exact) mass is 324 g/mol. The average molecular weight is 325 g/mol. The molecule has 0 aliphatic rings. The summed E-state index contributed by atoms with van der Waals surface area (Å²) in [4.78, 5) is 4.00. The molecule has 0 radical (unpaired) electrons. The van der Waals surface area contributed by atoms with Crippen LogP contribution in [0.5, 0.6) is 0 Å². The van der Waals surface area contributed by atoms with Crippen LogP contribution in [0.1, 0.15) is 13.8 Å². The minimum atomic E-state index is -3.51. The van der Waals surface area contributed by atoms with E-state index in [0.717, 1.165) is 11.3 Å². The van der Waals surface area contributed by atoms with Gasteiger partial charge in [0.1, 0.15) is 4.21 Å². The van der Waals surface area contributed by atoms with Crippen LogP contribution in [0, 0.1) is 0 Å². The highest BCUT2D eigenvalue weighted by atomic mass is 35.5. The summed E-state index contributed by atoms with van der Waals surface area (Å²) in [6, 6.07) is 3.20. The van der Waals surface area contributed by atoms with Crippen LogP contribution in [0.2, 0.25) is 4.34 Å². The van der Waals surface area contributed by atoms with Crippen molar-refractivity contribution in [3.8, 4) is 0 Å². The Morgan fingerprint density at radius 1 is 1.53 bits per heavy atom. The zero-order valence-electron chi connectivity index (χ0n) is 10.7. The lowest BCUT2D eigenvalue weighted by molar-refractivity contribution is 0.584. The normalized spacial score (nSPS) is 12.9. The molecule has 4 N–H and O–H groups in total. The Bertz CT molecular complexity index is 539. The second-order valence-corrected chi connectivity index (χ2v) is 7.73. The summed E-state index contributed by atoms with van der Waals surface area (Å²) in [5.41, 5.74) is 5.59. The highest BCUT2D eigenvalue weighted by molar-refractivity contribution is 7.91. The van der Waals surface area contributed by atoms with Gasteiger partial charge in [-0.25, -0.2) is 13.1 Å². The van der Waals surface area contributed by atoms with E-state index in [4.69, 9.17) is 17.3 Å². The molecule has 1 aromatic heterocycles. The topological polar surface area (TPSA) is 96.6 Å². The van der Waals surface area contributed by atoms with Gasteiger partial charge in [-0.15, -0.1) is 11.3 Å². The van der Waals surface area contributed by atoms with Crippen LogP contribution in [0.4, 0.5) is 0 Å². The molecule has 108 valence electrons. The van der Waals surface area contributed by atoms with Crippen LogP contribution in [0.25, 0.3) is 0 Å². The van der Waals surface area contributed by atoms with E-state index in [1.54, 1.807) is 6.07 Å². The highest BCUT2D eigenvalue weighted by Gasteiger charge is 2.15. The van der Waals surface area contributed by atoms with Crippen LogP contribution in [0.3, 0.4) is 0 Å². The molecule has 19 heavy (non-hydrogen) atoms. The van der Waals surface area contributed by atoms with E-state index in [2.05, 4.69) is 15.0 Å². The maximum absolute atomic E-state index is 11.8. The van der Waals surface area contributed by atoms with Gasteiger partial charge >= 0.3 is 0 Å². The fourth-order valence-corrected chi connectivity index (χ4v) is 3.76. The van der Waals surface area contributed by atoms with E-state index in [-0.39, 0.29) is 23.3 Å². The van der Waals surface area contributed by atoms with Gasteiger partial charge in [0, 0.05) is 12.6 Å². The number of guanidine groups is 1. The van der Waals surface area contributed by atoms with Crippen molar-refractivity contribution in [3.05, 3.63) is 16.5 Å². The SMILES string of the molecule is CC(C)NC(N)=NCCNS(=O)(=O)c1ccc(Cl)s1. The predicted octanol–water partition coefficient (Wildman–Crippen LogP) is 0.993. The Hall–Kier alpha value is -0.830. The number of thiophene rings is 1. The Labute approximate surface area is 122 Å². The van der Waals surface area contributed by atoms with Crippen LogP contribution in [-0.2, 0) is 10.0 Å². The van der Waals surface area contributed by atoms with Crippen molar-refractivity contribution in [1.29, 1.82) is 0 Å². The van der Waals surface area contributed by atoms with Crippen molar-refractivity contribution in [2.45, 2.75) is 24.1 Å². The van der Waals surface area contributed by atoms with Gasteiger partial charge in [0.15, 0.2) is 5.96 Å². The number of hydrogen-bond donors (Lipinski definition) is 3. The molecule has 0 saturated carbocycles. The van der Waals surface area contributed by atoms with Gasteiger partial charge in [0.25, 0.3) is 0 Å². The summed E-state index contributed by atoms with van der Waals surface area (Å²) >= 11 is 6.71. The molecule has 0 amide bonds. The van der Waals surface area contributed by atoms with Gasteiger partial charge in [0.05, 0.1) is 10.9 Å². The molecule has 0 saturated heterocycles. The molecular weight excluding hydrogens is 308 g/mol. The number of sulfonamides is 1. The Kier molecular flexibility index (Phi) is 6.05. The maximum Gasteiger partial charge on any atom is 0.250 e. The molecule has 0 spiro atoms. The molecule has 0 fully saturated rings. The van der Waals surface area contributed by atoms with Crippen molar-refractivity contribution in [1.82, 2.24) is 10.0 Å². The van der Waals surface area contributed by atoms with E-state index in [9.17, 15) is 8.42 Å². The van der Waals surface area contributed by atoms with E-state index < -0.39 is 10.0 Å². The minimum Gasteiger partial charge on any atom is -0.370 e. The molecule has 1 heterocycles. The first kappa shape index (κ1) is 16.2. The number of hydrogen-bond acceptors (Lipinski definition) is 4. The first-order chi connectivity index (χ1) is 8.81. The van der Waals surface area contributed by atoms with Crippen LogP contribution in [-0.4, -0.2) is 33.5 Å². The summed E-state index contributed by atoms with van der Waals surface area (Å²) in [5, 5.41) is 2.91. The Morgan fingerprint density at radius 3 is 2.74 bits per heavy atom. The largest absolute Gasteiger partial charge is 0.370 e. The van der Waals surface area contributed by atoms with Crippen molar-refractivity contribution in [2.75, 3.05) is 13.1 Å². The average Bonchev–Trinajstić information content (AvgIpc) is 2.71. The number of nitrogens with one attached hydrogen (secondary N) is 2. The summed E-state index contributed by atoms with van der Waals surface area (Å²) in [6.07, 6.45) is 0. The molecule has 0 aromatic carbocycles. The van der Waals surface area contributed by atoms with Crippen LogP contribution >= 0.6 is 22.9 Å². The van der Waals surface area contributed by atoms with Crippen LogP contribution < -0.4 is 15.8 Å². The van der Waals surface area contributed by atoms with Crippen molar-refractivity contribution < 1.29 is 8.42 Å². The molecular formula is C10H17ClN4O2S2. The molecule has 6 nitrogen and oxygen atoms in total. The molecule has 9 heteroatoms. The summed E-state index contributed by atoms with van der Waals surface area (Å²) in [6.45, 7) is 4.32. The quantitative estimate of drug-likeness (QED) is 0.413. The molecule has 0 bridgehead atoms. The molecule has 0 aliphatic carbocycles. The zero-order valence-corrected chi connectivity index (χ0v) is 13.1. The lowest BCUT2D eigenvalue weighted by atomic mass is 10.4. The second kappa shape index (κ2) is 7.09. The lowest BCUT2D eigenvalue weighted by Gasteiger charge is -2.08. The molecule has 1 aromatic rings. The summed E-state index contributed by atoms with van der Waals surface area (Å²) < 4.78 is 26.7. The summed E-state index contributed by atoms with van der Waals surface area (Å²) in [7, 11) is -3.51. The maximum atomic E-state index is 11.8. The Balaban J connectivity index is 2.45. The third-order valence-electron chi connectivity index (χ3n) is 1.94. The summed E-state index contributed by atoms with van der Waals surface area (Å²) in [5.74, 6) is 0.299. The molecule has 0 aliphatic heterocycles. The highest BCUT2D eigenvalue weighted by Crippen LogP contribution is 2.25.